The number of esters is 1. The minimum absolute atomic E-state index is 0.0217. The molecule has 4 atom stereocenters. The third kappa shape index (κ3) is 23.4. The Bertz CT molecular complexity index is 1460. The van der Waals surface area contributed by atoms with Gasteiger partial charge in [-0.3, -0.25) is 43.3 Å². The average Bonchev–Trinajstić information content (AvgIpc) is 3.07. The van der Waals surface area contributed by atoms with Crippen LogP contribution in [0.5, 0.6) is 0 Å². The molecule has 0 heterocycles. The molecule has 0 aliphatic heterocycles. The maximum atomic E-state index is 13.1. The summed E-state index contributed by atoms with van der Waals surface area (Å²) in [6.07, 6.45) is -2.56. The number of rotatable bonds is 24. The lowest BCUT2D eigenvalue weighted by Crippen LogP contribution is -2.55. The van der Waals surface area contributed by atoms with E-state index in [0.717, 1.165) is 7.11 Å². The number of ether oxygens (including phenoxy) is 2. The monoisotopic (exact) mass is 802 g/mol. The van der Waals surface area contributed by atoms with Gasteiger partial charge in [-0.15, -0.1) is 0 Å². The molecule has 56 heavy (non-hydrogen) atoms. The predicted molar refractivity (Wildman–Crippen MR) is 194 cm³/mol. The number of aliphatic imine (C=N–C) groups is 1. The fraction of sp³-hybridized carbons (Fsp3) is 0.656. The predicted octanol–water partition coefficient (Wildman–Crippen LogP) is -4.10. The zero-order valence-electron chi connectivity index (χ0n) is 32.1. The Hall–Kier alpha value is -6.23. The number of carboxylic acid groups (broad SMARTS) is 2. The summed E-state index contributed by atoms with van der Waals surface area (Å²) in [5.74, 6) is -10.0. The number of carbonyl (C=O) groups is 10. The van der Waals surface area contributed by atoms with Crippen LogP contribution in [-0.4, -0.2) is 139 Å². The van der Waals surface area contributed by atoms with Crippen molar-refractivity contribution in [2.45, 2.75) is 96.5 Å². The van der Waals surface area contributed by atoms with Crippen LogP contribution >= 0.6 is 0 Å². The smallest absolute Gasteiger partial charge is 0.408 e. The maximum absolute atomic E-state index is 13.1. The Kier molecular flexibility index (Phi) is 22.2. The SMILES string of the molecule is COC(=O)C(CC(C)C)NC(=O)C(CC(=O)O)NC(=O)CNC(=O)C(CCCN=C(N)N)NC(=O)CNC(=O)C(CC(=O)O)NC(=O)CNC(=O)OC(C)(C)C. The van der Waals surface area contributed by atoms with Gasteiger partial charge in [0, 0.05) is 6.54 Å². The normalized spacial score (nSPS) is 12.9. The third-order valence-corrected chi connectivity index (χ3v) is 6.81. The van der Waals surface area contributed by atoms with Gasteiger partial charge in [0.15, 0.2) is 5.96 Å². The first-order valence-corrected chi connectivity index (χ1v) is 17.2. The van der Waals surface area contributed by atoms with Gasteiger partial charge in [-0.05, 0) is 46.0 Å². The van der Waals surface area contributed by atoms with E-state index in [1.54, 1.807) is 34.6 Å². The highest BCUT2D eigenvalue weighted by molar-refractivity contribution is 5.96. The van der Waals surface area contributed by atoms with E-state index in [9.17, 15) is 58.2 Å². The maximum Gasteiger partial charge on any atom is 0.408 e. The number of carboxylic acids is 2. The standard InChI is InChI=1S/C32H54N10O14/c1-16(2)10-20(29(53)55-6)42-28(52)19(12-25(48)49)41-22(44)14-36-26(50)17(8-7-9-35-30(33)34)39-21(43)13-37-27(51)18(11-24(46)47)40-23(45)15-38-31(54)56-32(3,4)5/h16-20H,7-15H2,1-6H3,(H,36,50)(H,37,51)(H,38,54)(H,39,43)(H,40,45)(H,41,44)(H,42,52)(H,46,47)(H,48,49)(H4,33,34,35). The second-order valence-electron chi connectivity index (χ2n) is 13.5. The topological polar surface area (TPSA) is 378 Å². The van der Waals surface area contributed by atoms with E-state index in [4.69, 9.17) is 16.2 Å². The minimum Gasteiger partial charge on any atom is -0.481 e. The molecule has 0 aliphatic carbocycles. The van der Waals surface area contributed by atoms with Crippen molar-refractivity contribution >= 4 is 65.4 Å². The summed E-state index contributed by atoms with van der Waals surface area (Å²) in [6, 6.07) is -5.85. The van der Waals surface area contributed by atoms with E-state index in [-0.39, 0.29) is 37.7 Å². The summed E-state index contributed by atoms with van der Waals surface area (Å²) in [5.41, 5.74) is 9.76. The molecule has 0 aromatic heterocycles. The quantitative estimate of drug-likeness (QED) is 0.0191. The van der Waals surface area contributed by atoms with Gasteiger partial charge in [-0.25, -0.2) is 9.59 Å². The summed E-state index contributed by atoms with van der Waals surface area (Å²) in [5, 5.41) is 34.1. The molecule has 13 N–H and O–H groups in total. The molecule has 0 spiro atoms. The second-order valence-corrected chi connectivity index (χ2v) is 13.5. The Morgan fingerprint density at radius 1 is 0.661 bits per heavy atom. The van der Waals surface area contributed by atoms with Gasteiger partial charge in [0.1, 0.15) is 36.3 Å². The Morgan fingerprint density at radius 3 is 1.54 bits per heavy atom. The van der Waals surface area contributed by atoms with Gasteiger partial charge < -0.3 is 68.4 Å². The van der Waals surface area contributed by atoms with Gasteiger partial charge >= 0.3 is 24.0 Å². The fourth-order valence-electron chi connectivity index (χ4n) is 4.42. The molecule has 316 valence electrons. The molecule has 0 fully saturated rings. The van der Waals surface area contributed by atoms with E-state index in [1.165, 1.54) is 0 Å². The molecule has 24 nitrogen and oxygen atoms in total. The van der Waals surface area contributed by atoms with Crippen molar-refractivity contribution in [2.75, 3.05) is 33.3 Å². The Labute approximate surface area is 322 Å². The number of methoxy groups -OCH3 is 1. The molecule has 0 saturated heterocycles. The van der Waals surface area contributed by atoms with Crippen molar-refractivity contribution in [1.82, 2.24) is 37.2 Å². The number of hydrogen-bond donors (Lipinski definition) is 11. The van der Waals surface area contributed by atoms with Crippen molar-refractivity contribution in [2.24, 2.45) is 22.4 Å². The van der Waals surface area contributed by atoms with Crippen LogP contribution < -0.4 is 48.7 Å². The zero-order chi connectivity index (χ0) is 43.2. The van der Waals surface area contributed by atoms with Crippen LogP contribution in [-0.2, 0) is 52.6 Å². The molecule has 0 radical (unpaired) electrons. The number of amides is 7. The van der Waals surface area contributed by atoms with Crippen LogP contribution in [0.25, 0.3) is 0 Å². The van der Waals surface area contributed by atoms with Gasteiger partial charge in [0.05, 0.1) is 33.0 Å². The van der Waals surface area contributed by atoms with Crippen molar-refractivity contribution in [3.05, 3.63) is 0 Å². The van der Waals surface area contributed by atoms with Crippen LogP contribution in [0.1, 0.15) is 66.7 Å². The first kappa shape index (κ1) is 49.8. The van der Waals surface area contributed by atoms with E-state index in [0.29, 0.717) is 0 Å². The number of alkyl carbamates (subject to hydrolysis) is 1. The molecule has 0 aliphatic rings. The number of nitrogens with zero attached hydrogens (tertiary/aromatic N) is 1. The molecule has 7 amide bonds. The van der Waals surface area contributed by atoms with E-state index < -0.39 is 122 Å². The highest BCUT2D eigenvalue weighted by Crippen LogP contribution is 2.08. The van der Waals surface area contributed by atoms with Crippen molar-refractivity contribution in [3.63, 3.8) is 0 Å². The third-order valence-electron chi connectivity index (χ3n) is 6.81. The average molecular weight is 803 g/mol. The lowest BCUT2D eigenvalue weighted by atomic mass is 10.0. The molecule has 24 heteroatoms. The lowest BCUT2D eigenvalue weighted by Gasteiger charge is -2.23. The van der Waals surface area contributed by atoms with Crippen LogP contribution in [0.15, 0.2) is 4.99 Å². The Morgan fingerprint density at radius 2 is 1.11 bits per heavy atom. The molecule has 0 rings (SSSR count). The summed E-state index contributed by atoms with van der Waals surface area (Å²) >= 11 is 0. The first-order chi connectivity index (χ1) is 25.9. The molecule has 0 saturated carbocycles. The number of guanidine groups is 1. The number of carbonyl (C=O) groups excluding carboxylic acids is 8. The number of hydrogen-bond acceptors (Lipinski definition) is 13. The van der Waals surface area contributed by atoms with E-state index in [2.05, 4.69) is 46.9 Å². The summed E-state index contributed by atoms with van der Waals surface area (Å²) in [7, 11) is 1.10. The van der Waals surface area contributed by atoms with Gasteiger partial charge in [0.2, 0.25) is 35.4 Å². The van der Waals surface area contributed by atoms with E-state index in [1.807, 2.05) is 0 Å². The lowest BCUT2D eigenvalue weighted by molar-refractivity contribution is -0.146. The first-order valence-electron chi connectivity index (χ1n) is 17.2. The van der Waals surface area contributed by atoms with Crippen molar-refractivity contribution in [3.8, 4) is 0 Å². The Balaban J connectivity index is 5.60. The molecular formula is C32H54N10O14. The van der Waals surface area contributed by atoms with Crippen LogP contribution in [0.4, 0.5) is 4.79 Å². The highest BCUT2D eigenvalue weighted by Gasteiger charge is 2.30. The van der Waals surface area contributed by atoms with Crippen LogP contribution in [0, 0.1) is 5.92 Å². The number of nitrogens with one attached hydrogen (secondary N) is 7. The van der Waals surface area contributed by atoms with Crippen LogP contribution in [0.3, 0.4) is 0 Å². The molecule has 0 bridgehead atoms. The molecule has 0 aromatic carbocycles. The fourth-order valence-corrected chi connectivity index (χ4v) is 4.42. The minimum atomic E-state index is -1.68. The molecule has 4 unspecified atom stereocenters. The van der Waals surface area contributed by atoms with Crippen LogP contribution in [0.2, 0.25) is 0 Å². The largest absolute Gasteiger partial charge is 0.481 e. The van der Waals surface area contributed by atoms with Crippen molar-refractivity contribution in [1.29, 1.82) is 0 Å². The number of nitrogens with two attached hydrogens (primary N) is 2. The number of aliphatic carboxylic acids is 2. The molecular weight excluding hydrogens is 748 g/mol. The molecule has 0 aromatic rings. The van der Waals surface area contributed by atoms with Crippen molar-refractivity contribution < 1.29 is 67.6 Å². The zero-order valence-corrected chi connectivity index (χ0v) is 32.1. The summed E-state index contributed by atoms with van der Waals surface area (Å²) in [6.45, 7) is 6.03. The van der Waals surface area contributed by atoms with E-state index >= 15 is 0 Å². The summed E-state index contributed by atoms with van der Waals surface area (Å²) in [4.78, 5) is 127. The summed E-state index contributed by atoms with van der Waals surface area (Å²) < 4.78 is 9.67. The highest BCUT2D eigenvalue weighted by atomic mass is 16.6. The second kappa shape index (κ2) is 25.0. The van der Waals surface area contributed by atoms with Gasteiger partial charge in [-0.2, -0.15) is 0 Å². The van der Waals surface area contributed by atoms with Gasteiger partial charge in [0.25, 0.3) is 0 Å². The van der Waals surface area contributed by atoms with Gasteiger partial charge in [-0.1, -0.05) is 13.8 Å².